The molecule has 0 unspecified atom stereocenters. The van der Waals surface area contributed by atoms with E-state index in [1.807, 2.05) is 18.2 Å². The number of hydrogen-bond donors (Lipinski definition) is 0. The van der Waals surface area contributed by atoms with Crippen LogP contribution in [0.5, 0.6) is 0 Å². The van der Waals surface area contributed by atoms with Gasteiger partial charge in [0.2, 0.25) is 0 Å². The second-order valence-electron chi connectivity index (χ2n) is 7.37. The molecule has 1 aromatic heterocycles. The second kappa shape index (κ2) is 7.58. The number of nitrogens with zero attached hydrogens (tertiary/aromatic N) is 3. The molecule has 3 rings (SSSR count). The number of fused-ring (bicyclic) bond motifs is 1. The summed E-state index contributed by atoms with van der Waals surface area (Å²) in [7, 11) is 1.70. The van der Waals surface area contributed by atoms with E-state index in [0.717, 1.165) is 5.56 Å². The molecule has 0 N–H and O–H groups in total. The van der Waals surface area contributed by atoms with Crippen LogP contribution < -0.4 is 11.2 Å². The highest BCUT2D eigenvalue weighted by molar-refractivity contribution is 5.79. The standard InChI is InChI=1S/C20H27N3O4/c1-5-27-20(26)22-10-8-15(9-11-22)23-18(24)16-12-14(13(2)3)6-7-17(16)21(4)19(23)25/h6-7,12-13,15H,5,8-11H2,1-4H3. The van der Waals surface area contributed by atoms with Gasteiger partial charge in [0.1, 0.15) is 0 Å². The maximum absolute atomic E-state index is 13.1. The smallest absolute Gasteiger partial charge is 0.409 e. The molecule has 1 aliphatic rings. The first-order valence-corrected chi connectivity index (χ1v) is 9.52. The van der Waals surface area contributed by atoms with E-state index >= 15 is 0 Å². The zero-order valence-electron chi connectivity index (χ0n) is 16.4. The van der Waals surface area contributed by atoms with Crippen LogP contribution in [-0.2, 0) is 11.8 Å². The number of carbonyl (C=O) groups is 1. The molecule has 0 radical (unpaired) electrons. The summed E-state index contributed by atoms with van der Waals surface area (Å²) in [5.74, 6) is 0.298. The molecule has 0 atom stereocenters. The van der Waals surface area contributed by atoms with Crippen molar-refractivity contribution in [1.29, 1.82) is 0 Å². The van der Waals surface area contributed by atoms with Gasteiger partial charge in [-0.3, -0.25) is 13.9 Å². The van der Waals surface area contributed by atoms with E-state index in [4.69, 9.17) is 4.74 Å². The minimum Gasteiger partial charge on any atom is -0.450 e. The average molecular weight is 373 g/mol. The van der Waals surface area contributed by atoms with Crippen molar-refractivity contribution < 1.29 is 9.53 Å². The summed E-state index contributed by atoms with van der Waals surface area (Å²) in [4.78, 5) is 39.5. The van der Waals surface area contributed by atoms with Crippen molar-refractivity contribution in [2.75, 3.05) is 19.7 Å². The Bertz CT molecular complexity index is 966. The second-order valence-corrected chi connectivity index (χ2v) is 7.37. The Morgan fingerprint density at radius 2 is 1.89 bits per heavy atom. The highest BCUT2D eigenvalue weighted by atomic mass is 16.6. The van der Waals surface area contributed by atoms with Gasteiger partial charge in [0.25, 0.3) is 5.56 Å². The van der Waals surface area contributed by atoms with Crippen LogP contribution in [0.2, 0.25) is 0 Å². The normalized spacial score (nSPS) is 15.5. The van der Waals surface area contributed by atoms with Gasteiger partial charge in [0, 0.05) is 26.2 Å². The first kappa shape index (κ1) is 19.2. The summed E-state index contributed by atoms with van der Waals surface area (Å²) in [5.41, 5.74) is 1.17. The molecule has 0 saturated carbocycles. The Morgan fingerprint density at radius 3 is 2.48 bits per heavy atom. The number of hydrogen-bond acceptors (Lipinski definition) is 4. The van der Waals surface area contributed by atoms with Crippen molar-refractivity contribution in [3.05, 3.63) is 44.6 Å². The minimum absolute atomic E-state index is 0.214. The van der Waals surface area contributed by atoms with E-state index in [1.54, 1.807) is 23.4 Å². The van der Waals surface area contributed by atoms with Crippen LogP contribution in [-0.4, -0.2) is 39.8 Å². The van der Waals surface area contributed by atoms with Crippen LogP contribution in [0.4, 0.5) is 4.79 Å². The summed E-state index contributed by atoms with van der Waals surface area (Å²) in [6, 6.07) is 5.50. The van der Waals surface area contributed by atoms with E-state index in [9.17, 15) is 14.4 Å². The quantitative estimate of drug-likeness (QED) is 0.829. The zero-order chi connectivity index (χ0) is 19.7. The molecule has 0 spiro atoms. The molecule has 1 amide bonds. The molecule has 0 aliphatic carbocycles. The Morgan fingerprint density at radius 1 is 1.22 bits per heavy atom. The molecule has 2 heterocycles. The SMILES string of the molecule is CCOC(=O)N1CCC(n2c(=O)c3cc(C(C)C)ccc3n(C)c2=O)CC1. The molecule has 1 aliphatic heterocycles. The Kier molecular flexibility index (Phi) is 5.39. The van der Waals surface area contributed by atoms with Gasteiger partial charge in [-0.15, -0.1) is 0 Å². The fraction of sp³-hybridized carbons (Fsp3) is 0.550. The van der Waals surface area contributed by atoms with E-state index in [0.29, 0.717) is 49.4 Å². The van der Waals surface area contributed by atoms with Crippen LogP contribution in [0.1, 0.15) is 51.1 Å². The summed E-state index contributed by atoms with van der Waals surface area (Å²) in [6.07, 6.45) is 0.781. The van der Waals surface area contributed by atoms with Gasteiger partial charge in [-0.25, -0.2) is 9.59 Å². The molecular weight excluding hydrogens is 346 g/mol. The summed E-state index contributed by atoms with van der Waals surface area (Å²) < 4.78 is 7.94. The topological polar surface area (TPSA) is 73.5 Å². The summed E-state index contributed by atoms with van der Waals surface area (Å²) in [5, 5.41) is 0.566. The van der Waals surface area contributed by atoms with Crippen LogP contribution in [0.25, 0.3) is 10.9 Å². The Balaban J connectivity index is 1.99. The van der Waals surface area contributed by atoms with Crippen molar-refractivity contribution >= 4 is 17.0 Å². The number of likely N-dealkylation sites (tertiary alicyclic amines) is 1. The molecular formula is C20H27N3O4. The van der Waals surface area contributed by atoms with E-state index in [-0.39, 0.29) is 23.4 Å². The van der Waals surface area contributed by atoms with Crippen LogP contribution in [0.3, 0.4) is 0 Å². The van der Waals surface area contributed by atoms with E-state index < -0.39 is 0 Å². The number of carbonyl (C=O) groups excluding carboxylic acids is 1. The molecule has 1 fully saturated rings. The predicted octanol–water partition coefficient (Wildman–Crippen LogP) is 2.62. The number of piperidine rings is 1. The summed E-state index contributed by atoms with van der Waals surface area (Å²) >= 11 is 0. The van der Waals surface area contributed by atoms with Crippen LogP contribution >= 0.6 is 0 Å². The van der Waals surface area contributed by atoms with Gasteiger partial charge in [-0.1, -0.05) is 19.9 Å². The average Bonchev–Trinajstić information content (AvgIpc) is 2.66. The highest BCUT2D eigenvalue weighted by Gasteiger charge is 2.27. The number of benzene rings is 1. The van der Waals surface area contributed by atoms with Crippen molar-refractivity contribution in [3.8, 4) is 0 Å². The van der Waals surface area contributed by atoms with Gasteiger partial charge >= 0.3 is 11.8 Å². The molecule has 7 nitrogen and oxygen atoms in total. The van der Waals surface area contributed by atoms with Gasteiger partial charge < -0.3 is 9.64 Å². The molecule has 146 valence electrons. The van der Waals surface area contributed by atoms with E-state index in [2.05, 4.69) is 13.8 Å². The number of rotatable bonds is 3. The number of ether oxygens (including phenoxy) is 1. The van der Waals surface area contributed by atoms with E-state index in [1.165, 1.54) is 4.57 Å². The number of amides is 1. The molecule has 2 aromatic rings. The van der Waals surface area contributed by atoms with Gasteiger partial charge in [-0.2, -0.15) is 0 Å². The third kappa shape index (κ3) is 3.50. The fourth-order valence-electron chi connectivity index (χ4n) is 3.70. The lowest BCUT2D eigenvalue weighted by Gasteiger charge is -2.32. The van der Waals surface area contributed by atoms with Crippen molar-refractivity contribution in [1.82, 2.24) is 14.0 Å². The summed E-state index contributed by atoms with van der Waals surface area (Å²) in [6.45, 7) is 7.21. The minimum atomic E-state index is -0.337. The molecule has 7 heteroatoms. The number of aryl methyl sites for hydroxylation is 1. The number of aromatic nitrogens is 2. The molecule has 0 bridgehead atoms. The van der Waals surface area contributed by atoms with Crippen molar-refractivity contribution in [2.45, 2.75) is 45.6 Å². The zero-order valence-corrected chi connectivity index (χ0v) is 16.4. The lowest BCUT2D eigenvalue weighted by atomic mass is 10.0. The fourth-order valence-corrected chi connectivity index (χ4v) is 3.70. The van der Waals surface area contributed by atoms with Gasteiger partial charge in [0.05, 0.1) is 17.5 Å². The van der Waals surface area contributed by atoms with Gasteiger partial charge in [0.15, 0.2) is 0 Å². The van der Waals surface area contributed by atoms with Crippen LogP contribution in [0.15, 0.2) is 27.8 Å². The Hall–Kier alpha value is -2.57. The molecule has 1 aromatic carbocycles. The Labute approximate surface area is 158 Å². The maximum Gasteiger partial charge on any atom is 0.409 e. The lowest BCUT2D eigenvalue weighted by Crippen LogP contribution is -2.46. The molecule has 1 saturated heterocycles. The van der Waals surface area contributed by atoms with Crippen molar-refractivity contribution in [2.24, 2.45) is 7.05 Å². The van der Waals surface area contributed by atoms with Crippen LogP contribution in [0, 0.1) is 0 Å². The maximum atomic E-state index is 13.1. The first-order chi connectivity index (χ1) is 12.8. The third-order valence-electron chi connectivity index (χ3n) is 5.35. The monoisotopic (exact) mass is 373 g/mol. The first-order valence-electron chi connectivity index (χ1n) is 9.52. The molecule has 27 heavy (non-hydrogen) atoms. The highest BCUT2D eigenvalue weighted by Crippen LogP contribution is 2.22. The predicted molar refractivity (Wildman–Crippen MR) is 104 cm³/mol. The third-order valence-corrected chi connectivity index (χ3v) is 5.35. The largest absolute Gasteiger partial charge is 0.450 e. The lowest BCUT2D eigenvalue weighted by molar-refractivity contribution is 0.0919. The van der Waals surface area contributed by atoms with Gasteiger partial charge in [-0.05, 0) is 43.4 Å². The van der Waals surface area contributed by atoms with Crippen molar-refractivity contribution in [3.63, 3.8) is 0 Å².